The highest BCUT2D eigenvalue weighted by atomic mass is 19.4. The monoisotopic (exact) mass is 648 g/mol. The molecule has 1 fully saturated rings. The number of hydrogen-bond acceptors (Lipinski definition) is 6. The molecule has 1 aliphatic heterocycles. The van der Waals surface area contributed by atoms with Crippen LogP contribution >= 0.6 is 0 Å². The quantitative estimate of drug-likeness (QED) is 0.310. The van der Waals surface area contributed by atoms with E-state index in [9.17, 15) is 32.8 Å². The van der Waals surface area contributed by atoms with Crippen molar-refractivity contribution in [1.29, 1.82) is 5.26 Å². The van der Waals surface area contributed by atoms with Gasteiger partial charge in [0.2, 0.25) is 5.91 Å². The van der Waals surface area contributed by atoms with E-state index in [1.165, 1.54) is 41.7 Å². The third-order valence-corrected chi connectivity index (χ3v) is 8.50. The summed E-state index contributed by atoms with van der Waals surface area (Å²) >= 11 is 0. The molecule has 1 atom stereocenters. The molecule has 1 saturated heterocycles. The summed E-state index contributed by atoms with van der Waals surface area (Å²) in [6.45, 7) is 3.93. The van der Waals surface area contributed by atoms with Gasteiger partial charge < -0.3 is 15.1 Å². The maximum Gasteiger partial charge on any atom is 0.416 e. The Bertz CT molecular complexity index is 1880. The molecule has 2 aromatic heterocycles. The Labute approximate surface area is 269 Å². The fraction of sp³-hybridized carbons (Fsp3) is 0.364. The zero-order valence-electron chi connectivity index (χ0n) is 26.5. The maximum atomic E-state index is 14.0. The number of nitrogens with zero attached hydrogens (tertiary/aromatic N) is 7. The van der Waals surface area contributed by atoms with Crippen LogP contribution in [0.5, 0.6) is 0 Å². The van der Waals surface area contributed by atoms with Gasteiger partial charge in [-0.3, -0.25) is 19.1 Å². The maximum absolute atomic E-state index is 14.0. The molecule has 0 aliphatic carbocycles. The van der Waals surface area contributed by atoms with Crippen molar-refractivity contribution in [3.05, 3.63) is 87.8 Å². The fourth-order valence-electron chi connectivity index (χ4n) is 5.96. The van der Waals surface area contributed by atoms with Crippen LogP contribution in [-0.4, -0.2) is 80.5 Å². The minimum Gasteiger partial charge on any atom is -0.344 e. The number of aromatic nitrogens is 4. The number of likely N-dealkylation sites (tertiary alicyclic amines) is 1. The van der Waals surface area contributed by atoms with Crippen molar-refractivity contribution < 1.29 is 22.8 Å². The molecule has 11 nitrogen and oxygen atoms in total. The Balaban J connectivity index is 1.55. The number of halogens is 3. The molecule has 3 heterocycles. The van der Waals surface area contributed by atoms with E-state index in [1.807, 2.05) is 6.07 Å². The molecule has 0 spiro atoms. The summed E-state index contributed by atoms with van der Waals surface area (Å²) in [6, 6.07) is 13.3. The molecule has 0 saturated carbocycles. The summed E-state index contributed by atoms with van der Waals surface area (Å²) in [4.78, 5) is 45.1. The normalized spacial score (nSPS) is 14.9. The number of carbonyl (C=O) groups is 2. The van der Waals surface area contributed by atoms with Gasteiger partial charge in [0.15, 0.2) is 0 Å². The molecular weight excluding hydrogens is 613 g/mol. The van der Waals surface area contributed by atoms with Crippen molar-refractivity contribution in [3.63, 3.8) is 0 Å². The largest absolute Gasteiger partial charge is 0.416 e. The number of nitrogens with one attached hydrogen (secondary N) is 1. The lowest BCUT2D eigenvalue weighted by atomic mass is 9.96. The van der Waals surface area contributed by atoms with Crippen LogP contribution in [0.4, 0.5) is 13.2 Å². The van der Waals surface area contributed by atoms with Gasteiger partial charge in [0, 0.05) is 20.6 Å². The Hall–Kier alpha value is -5.16. The van der Waals surface area contributed by atoms with Crippen LogP contribution in [0.2, 0.25) is 0 Å². The first kappa shape index (κ1) is 33.2. The molecular formula is C33H35F3N8O3. The van der Waals surface area contributed by atoms with Gasteiger partial charge in [0.1, 0.15) is 17.3 Å². The second-order valence-corrected chi connectivity index (χ2v) is 11.9. The molecule has 47 heavy (non-hydrogen) atoms. The molecule has 5 rings (SSSR count). The van der Waals surface area contributed by atoms with Crippen LogP contribution in [0.25, 0.3) is 22.8 Å². The van der Waals surface area contributed by atoms with Gasteiger partial charge in [0.05, 0.1) is 40.5 Å². The van der Waals surface area contributed by atoms with Crippen molar-refractivity contribution >= 4 is 11.8 Å². The second-order valence-electron chi connectivity index (χ2n) is 11.9. The van der Waals surface area contributed by atoms with Crippen LogP contribution in [0.3, 0.4) is 0 Å². The van der Waals surface area contributed by atoms with Gasteiger partial charge >= 0.3 is 6.18 Å². The van der Waals surface area contributed by atoms with E-state index in [0.717, 1.165) is 42.7 Å². The topological polar surface area (TPSA) is 121 Å². The van der Waals surface area contributed by atoms with E-state index in [1.54, 1.807) is 42.3 Å². The number of alkyl halides is 3. The lowest BCUT2D eigenvalue weighted by molar-refractivity contribution is -0.137. The van der Waals surface area contributed by atoms with Gasteiger partial charge in [-0.15, -0.1) is 0 Å². The number of benzene rings is 2. The molecule has 1 N–H and O–H groups in total. The molecule has 1 aliphatic rings. The third kappa shape index (κ3) is 6.85. The predicted molar refractivity (Wildman–Crippen MR) is 168 cm³/mol. The van der Waals surface area contributed by atoms with E-state index in [0.29, 0.717) is 23.7 Å². The van der Waals surface area contributed by atoms with Crippen LogP contribution in [0.15, 0.2) is 65.6 Å². The molecule has 246 valence electrons. The smallest absolute Gasteiger partial charge is 0.344 e. The predicted octanol–water partition coefficient (Wildman–Crippen LogP) is 3.84. The molecule has 0 bridgehead atoms. The summed E-state index contributed by atoms with van der Waals surface area (Å²) in [7, 11) is 5.18. The first-order valence-corrected chi connectivity index (χ1v) is 15.1. The number of hydrogen-bond donors (Lipinski definition) is 1. The van der Waals surface area contributed by atoms with Gasteiger partial charge in [-0.1, -0.05) is 6.07 Å². The summed E-state index contributed by atoms with van der Waals surface area (Å²) in [6.07, 6.45) is -1.32. The molecule has 14 heteroatoms. The number of nitriles is 1. The van der Waals surface area contributed by atoms with E-state index in [-0.39, 0.29) is 28.5 Å². The first-order valence-electron chi connectivity index (χ1n) is 15.1. The lowest BCUT2D eigenvalue weighted by Gasteiger charge is -2.32. The van der Waals surface area contributed by atoms with Crippen LogP contribution < -0.4 is 10.9 Å². The minimum absolute atomic E-state index is 0.0612. The van der Waals surface area contributed by atoms with Crippen molar-refractivity contribution in [1.82, 2.24) is 34.3 Å². The average Bonchev–Trinajstić information content (AvgIpc) is 3.62. The number of amides is 2. The molecule has 0 radical (unpaired) electrons. The zero-order chi connectivity index (χ0) is 34.0. The average molecular weight is 649 g/mol. The number of likely N-dealkylation sites (N-methyl/N-ethyl adjacent to an activating group) is 1. The highest BCUT2D eigenvalue weighted by Crippen LogP contribution is 2.31. The number of carbonyl (C=O) groups excluding carboxylic acids is 2. The van der Waals surface area contributed by atoms with E-state index < -0.39 is 29.2 Å². The highest BCUT2D eigenvalue weighted by molar-refractivity contribution is 6.02. The molecule has 2 aromatic carbocycles. The van der Waals surface area contributed by atoms with Crippen molar-refractivity contribution in [2.24, 2.45) is 13.0 Å². The van der Waals surface area contributed by atoms with E-state index in [4.69, 9.17) is 0 Å². The summed E-state index contributed by atoms with van der Waals surface area (Å²) < 4.78 is 44.6. The van der Waals surface area contributed by atoms with Gasteiger partial charge in [-0.2, -0.15) is 23.5 Å². The Morgan fingerprint density at radius 1 is 1.09 bits per heavy atom. The van der Waals surface area contributed by atoms with Crippen molar-refractivity contribution in [2.45, 2.75) is 32.0 Å². The van der Waals surface area contributed by atoms with Gasteiger partial charge in [0.25, 0.3) is 11.5 Å². The fourth-order valence-corrected chi connectivity index (χ4v) is 5.96. The summed E-state index contributed by atoms with van der Waals surface area (Å²) in [5.41, 5.74) is -1.08. The highest BCUT2D eigenvalue weighted by Gasteiger charge is 2.33. The van der Waals surface area contributed by atoms with Gasteiger partial charge in [-0.05, 0) is 94.4 Å². The molecule has 4 aromatic rings. The van der Waals surface area contributed by atoms with Crippen molar-refractivity contribution in [3.8, 4) is 28.8 Å². The SMILES string of the molecule is C[C@H](NC(=O)c1c(-c2ccnn2-c2ccc(C#N)cc2)n(C)n(-c2cccc(C(F)(F)F)c2)c1=O)C(=O)N(C)CC1CCN(C)CC1. The molecule has 2 amide bonds. The van der Waals surface area contributed by atoms with Crippen molar-refractivity contribution in [2.75, 3.05) is 33.7 Å². The molecule has 0 unspecified atom stereocenters. The third-order valence-electron chi connectivity index (χ3n) is 8.50. The Kier molecular flexibility index (Phi) is 9.39. The zero-order valence-corrected chi connectivity index (χ0v) is 26.5. The minimum atomic E-state index is -4.67. The Morgan fingerprint density at radius 3 is 2.40 bits per heavy atom. The Morgan fingerprint density at radius 2 is 1.77 bits per heavy atom. The number of piperidine rings is 1. The first-order chi connectivity index (χ1) is 22.3. The van der Waals surface area contributed by atoms with E-state index >= 15 is 0 Å². The lowest BCUT2D eigenvalue weighted by Crippen LogP contribution is -2.48. The summed E-state index contributed by atoms with van der Waals surface area (Å²) in [5.74, 6) is -0.881. The second kappa shape index (κ2) is 13.3. The summed E-state index contributed by atoms with van der Waals surface area (Å²) in [5, 5.41) is 16.2. The standard InChI is InChI=1S/C33H35F3N8O3/c1-21(31(46)41(3)20-23-13-16-40(2)17-14-23)39-30(45)28-29(27-12-15-38-43(27)25-10-8-22(19-37)9-11-25)42(4)44(32(28)47)26-7-5-6-24(18-26)33(34,35)36/h5-12,15,18,21,23H,13-14,16-17,20H2,1-4H3,(H,39,45)/t21-/m0/s1. The van der Waals surface area contributed by atoms with E-state index in [2.05, 4.69) is 22.4 Å². The van der Waals surface area contributed by atoms with Crippen LogP contribution in [-0.2, 0) is 18.0 Å². The van der Waals surface area contributed by atoms with Gasteiger partial charge in [-0.25, -0.2) is 9.36 Å². The van der Waals surface area contributed by atoms with Crippen LogP contribution in [0.1, 0.15) is 41.3 Å². The number of rotatable bonds is 8. The van der Waals surface area contributed by atoms with Crippen LogP contribution in [0, 0.1) is 17.2 Å².